The first-order valence-electron chi connectivity index (χ1n) is 6.19. The predicted octanol–water partition coefficient (Wildman–Crippen LogP) is 1.21. The third kappa shape index (κ3) is 5.00. The third-order valence-corrected chi connectivity index (χ3v) is 4.74. The van der Waals surface area contributed by atoms with Crippen molar-refractivity contribution in [3.05, 3.63) is 35.9 Å². The minimum absolute atomic E-state index is 0.0302. The largest absolute Gasteiger partial charge is 0.387 e. The van der Waals surface area contributed by atoms with E-state index in [1.165, 1.54) is 4.31 Å². The highest BCUT2D eigenvalue weighted by Crippen LogP contribution is 2.10. The van der Waals surface area contributed by atoms with Gasteiger partial charge in [-0.05, 0) is 25.8 Å². The Morgan fingerprint density at radius 2 is 1.89 bits per heavy atom. The molecule has 0 aromatic heterocycles. The Morgan fingerprint density at radius 1 is 1.32 bits per heavy atom. The number of benzene rings is 1. The van der Waals surface area contributed by atoms with Crippen LogP contribution in [-0.4, -0.2) is 36.9 Å². The van der Waals surface area contributed by atoms with Crippen LogP contribution < -0.4 is 5.73 Å². The van der Waals surface area contributed by atoms with E-state index in [0.717, 1.165) is 5.56 Å². The number of rotatable bonds is 7. The Kier molecular flexibility index (Phi) is 5.50. The van der Waals surface area contributed by atoms with Crippen molar-refractivity contribution in [1.82, 2.24) is 4.31 Å². The summed E-state index contributed by atoms with van der Waals surface area (Å²) in [6.07, 6.45) is 0.463. The lowest BCUT2D eigenvalue weighted by atomic mass is 10.2. The Bertz CT molecular complexity index is 512. The van der Waals surface area contributed by atoms with Crippen LogP contribution in [0.2, 0.25) is 0 Å². The molecule has 106 valence electrons. The van der Waals surface area contributed by atoms with E-state index in [9.17, 15) is 8.42 Å². The molecule has 1 aromatic carbocycles. The number of nitrogens with one attached hydrogen (secondary N) is 1. The molecule has 0 spiro atoms. The molecule has 0 heterocycles. The molecule has 0 fully saturated rings. The summed E-state index contributed by atoms with van der Waals surface area (Å²) in [4.78, 5) is 0. The van der Waals surface area contributed by atoms with Crippen molar-refractivity contribution < 1.29 is 8.42 Å². The smallest absolute Gasteiger partial charge is 0.215 e. The zero-order chi connectivity index (χ0) is 14.5. The van der Waals surface area contributed by atoms with Crippen LogP contribution in [-0.2, 0) is 16.4 Å². The van der Waals surface area contributed by atoms with Gasteiger partial charge in [-0.25, -0.2) is 8.42 Å². The Balaban J connectivity index is 2.75. The number of amidine groups is 1. The van der Waals surface area contributed by atoms with E-state index >= 15 is 0 Å². The first kappa shape index (κ1) is 15.7. The van der Waals surface area contributed by atoms with Crippen molar-refractivity contribution in [2.24, 2.45) is 5.73 Å². The van der Waals surface area contributed by atoms with Crippen molar-refractivity contribution in [2.45, 2.75) is 26.3 Å². The van der Waals surface area contributed by atoms with Crippen LogP contribution in [0.25, 0.3) is 0 Å². The second kappa shape index (κ2) is 6.68. The molecular formula is C13H21N3O2S. The van der Waals surface area contributed by atoms with Crippen molar-refractivity contribution in [1.29, 1.82) is 5.41 Å². The molecule has 3 N–H and O–H groups in total. The van der Waals surface area contributed by atoms with Crippen LogP contribution in [0.15, 0.2) is 30.3 Å². The fourth-order valence-corrected chi connectivity index (χ4v) is 3.49. The van der Waals surface area contributed by atoms with Crippen LogP contribution in [0.5, 0.6) is 0 Å². The molecule has 0 bridgehead atoms. The molecule has 0 saturated heterocycles. The van der Waals surface area contributed by atoms with E-state index in [1.54, 1.807) is 13.8 Å². The third-order valence-electron chi connectivity index (χ3n) is 2.75. The molecule has 19 heavy (non-hydrogen) atoms. The summed E-state index contributed by atoms with van der Waals surface area (Å²) in [6, 6.07) is 9.27. The topological polar surface area (TPSA) is 87.2 Å². The highest BCUT2D eigenvalue weighted by molar-refractivity contribution is 7.89. The van der Waals surface area contributed by atoms with E-state index in [2.05, 4.69) is 0 Å². The van der Waals surface area contributed by atoms with Gasteiger partial charge in [-0.15, -0.1) is 0 Å². The van der Waals surface area contributed by atoms with Crippen molar-refractivity contribution in [3.8, 4) is 0 Å². The summed E-state index contributed by atoms with van der Waals surface area (Å²) < 4.78 is 25.8. The van der Waals surface area contributed by atoms with Crippen molar-refractivity contribution in [2.75, 3.05) is 12.3 Å². The Hall–Kier alpha value is -1.40. The second-order valence-electron chi connectivity index (χ2n) is 4.72. The monoisotopic (exact) mass is 283 g/mol. The number of nitrogens with zero attached hydrogens (tertiary/aromatic N) is 1. The molecule has 1 rings (SSSR count). The first-order valence-corrected chi connectivity index (χ1v) is 7.80. The molecule has 5 nitrogen and oxygen atoms in total. The van der Waals surface area contributed by atoms with E-state index < -0.39 is 10.0 Å². The maximum atomic E-state index is 12.3. The van der Waals surface area contributed by atoms with Gasteiger partial charge in [-0.2, -0.15) is 4.31 Å². The van der Waals surface area contributed by atoms with Gasteiger partial charge in [0.25, 0.3) is 0 Å². The van der Waals surface area contributed by atoms with E-state index in [1.807, 2.05) is 30.3 Å². The molecule has 0 unspecified atom stereocenters. The molecule has 0 amide bonds. The van der Waals surface area contributed by atoms with Crippen molar-refractivity contribution in [3.63, 3.8) is 0 Å². The van der Waals surface area contributed by atoms with Gasteiger partial charge in [0.1, 0.15) is 5.84 Å². The van der Waals surface area contributed by atoms with E-state index in [-0.39, 0.29) is 24.2 Å². The lowest BCUT2D eigenvalue weighted by Gasteiger charge is -2.25. The Labute approximate surface area is 115 Å². The molecule has 0 radical (unpaired) electrons. The van der Waals surface area contributed by atoms with Gasteiger partial charge in [-0.3, -0.25) is 5.41 Å². The van der Waals surface area contributed by atoms with E-state index in [0.29, 0.717) is 6.42 Å². The molecule has 0 aliphatic carbocycles. The second-order valence-corrected chi connectivity index (χ2v) is 6.76. The summed E-state index contributed by atoms with van der Waals surface area (Å²) in [7, 11) is -3.40. The summed E-state index contributed by atoms with van der Waals surface area (Å²) in [5, 5.41) is 7.27. The minimum atomic E-state index is -3.40. The standard InChI is InChI=1S/C13H21N3O2S/c1-11(2)16(10-13(14)15)19(17,18)9-8-12-6-4-3-5-7-12/h3-7,11H,8-10H2,1-2H3,(H3,14,15). The number of hydrogen-bond acceptors (Lipinski definition) is 3. The highest BCUT2D eigenvalue weighted by Gasteiger charge is 2.25. The molecule has 0 aliphatic heterocycles. The fourth-order valence-electron chi connectivity index (χ4n) is 1.78. The fraction of sp³-hybridized carbons (Fsp3) is 0.462. The summed E-state index contributed by atoms with van der Waals surface area (Å²) in [6.45, 7) is 3.51. The maximum Gasteiger partial charge on any atom is 0.215 e. The summed E-state index contributed by atoms with van der Waals surface area (Å²) in [5.41, 5.74) is 6.30. The quantitative estimate of drug-likeness (QED) is 0.582. The van der Waals surface area contributed by atoms with Crippen LogP contribution in [0.3, 0.4) is 0 Å². The minimum Gasteiger partial charge on any atom is -0.387 e. The molecule has 0 aliphatic rings. The van der Waals surface area contributed by atoms with Crippen LogP contribution in [0, 0.1) is 5.41 Å². The molecule has 0 saturated carbocycles. The lowest BCUT2D eigenvalue weighted by Crippen LogP contribution is -2.43. The van der Waals surface area contributed by atoms with Gasteiger partial charge in [-0.1, -0.05) is 30.3 Å². The Morgan fingerprint density at radius 3 is 2.37 bits per heavy atom. The summed E-state index contributed by atoms with van der Waals surface area (Å²) >= 11 is 0. The van der Waals surface area contributed by atoms with E-state index in [4.69, 9.17) is 11.1 Å². The number of aryl methyl sites for hydroxylation is 1. The van der Waals surface area contributed by atoms with Gasteiger partial charge in [0.2, 0.25) is 10.0 Å². The van der Waals surface area contributed by atoms with Gasteiger partial charge < -0.3 is 5.73 Å². The maximum absolute atomic E-state index is 12.3. The predicted molar refractivity (Wildman–Crippen MR) is 77.7 cm³/mol. The molecular weight excluding hydrogens is 262 g/mol. The molecule has 6 heteroatoms. The average molecular weight is 283 g/mol. The first-order chi connectivity index (χ1) is 8.83. The number of sulfonamides is 1. The van der Waals surface area contributed by atoms with Gasteiger partial charge >= 0.3 is 0 Å². The summed E-state index contributed by atoms with van der Waals surface area (Å²) in [5.74, 6) is -0.111. The van der Waals surface area contributed by atoms with Gasteiger partial charge in [0, 0.05) is 6.04 Å². The zero-order valence-corrected chi connectivity index (χ0v) is 12.2. The van der Waals surface area contributed by atoms with Crippen LogP contribution in [0.1, 0.15) is 19.4 Å². The highest BCUT2D eigenvalue weighted by atomic mass is 32.2. The van der Waals surface area contributed by atoms with Gasteiger partial charge in [0.15, 0.2) is 0 Å². The van der Waals surface area contributed by atoms with Gasteiger partial charge in [0.05, 0.1) is 12.3 Å². The lowest BCUT2D eigenvalue weighted by molar-refractivity contribution is 0.389. The zero-order valence-electron chi connectivity index (χ0n) is 11.3. The average Bonchev–Trinajstić information content (AvgIpc) is 2.34. The van der Waals surface area contributed by atoms with Crippen LogP contribution >= 0.6 is 0 Å². The molecule has 0 atom stereocenters. The SMILES string of the molecule is CC(C)N(CC(=N)N)S(=O)(=O)CCc1ccccc1. The van der Waals surface area contributed by atoms with Crippen LogP contribution in [0.4, 0.5) is 0 Å². The number of nitrogens with two attached hydrogens (primary N) is 1. The molecule has 1 aromatic rings. The van der Waals surface area contributed by atoms with Crippen molar-refractivity contribution >= 4 is 15.9 Å². The normalized spacial score (nSPS) is 12.0. The number of hydrogen-bond donors (Lipinski definition) is 2.